The molecule has 0 aliphatic carbocycles. The van der Waals surface area contributed by atoms with Crippen molar-refractivity contribution in [3.8, 4) is 5.75 Å². The minimum absolute atomic E-state index is 0.536. The summed E-state index contributed by atoms with van der Waals surface area (Å²) in [4.78, 5) is 7.47. The third kappa shape index (κ3) is 2.29. The average molecular weight is 185 g/mol. The molecule has 1 radical (unpaired) electrons. The highest BCUT2D eigenvalue weighted by molar-refractivity contribution is 5.16. The molecule has 0 aliphatic heterocycles. The van der Waals surface area contributed by atoms with Gasteiger partial charge in [0.2, 0.25) is 0 Å². The van der Waals surface area contributed by atoms with Crippen molar-refractivity contribution >= 4 is 0 Å². The van der Waals surface area contributed by atoms with Gasteiger partial charge in [-0.15, -0.1) is 0 Å². The zero-order chi connectivity index (χ0) is 9.64. The molecule has 69 valence electrons. The third-order valence-corrected chi connectivity index (χ3v) is 1.75. The van der Waals surface area contributed by atoms with Crippen LogP contribution >= 0.6 is 0 Å². The number of aromatic nitrogens is 2. The maximum Gasteiger partial charge on any atom is 0.197 e. The first-order valence-electron chi connectivity index (χ1n) is 4.30. The van der Waals surface area contributed by atoms with Crippen molar-refractivity contribution in [1.82, 2.24) is 9.97 Å². The van der Waals surface area contributed by atoms with Gasteiger partial charge in [0, 0.05) is 0 Å². The van der Waals surface area contributed by atoms with Crippen molar-refractivity contribution < 1.29 is 4.74 Å². The standard InChI is InChI=1S/C11H9N2O/c1-2-4-10(5-3-1)8-14-11-6-12-9-13-7-11/h1-7H,8H2. The number of hydrogen-bond acceptors (Lipinski definition) is 3. The monoisotopic (exact) mass is 185 g/mol. The summed E-state index contributed by atoms with van der Waals surface area (Å²) in [6.07, 6.45) is 5.64. The van der Waals surface area contributed by atoms with Crippen LogP contribution in [-0.2, 0) is 6.61 Å². The molecule has 2 aromatic rings. The summed E-state index contributed by atoms with van der Waals surface area (Å²) in [6.45, 7) is 0.536. The van der Waals surface area contributed by atoms with Crippen LogP contribution in [0.2, 0.25) is 0 Å². The number of ether oxygens (including phenoxy) is 1. The van der Waals surface area contributed by atoms with Gasteiger partial charge in [-0.25, -0.2) is 9.97 Å². The van der Waals surface area contributed by atoms with Crippen LogP contribution in [-0.4, -0.2) is 9.97 Å². The third-order valence-electron chi connectivity index (χ3n) is 1.75. The first kappa shape index (κ1) is 8.69. The number of rotatable bonds is 3. The fraction of sp³-hybridized carbons (Fsp3) is 0.0909. The topological polar surface area (TPSA) is 35.0 Å². The Balaban J connectivity index is 1.96. The minimum atomic E-state index is 0.536. The van der Waals surface area contributed by atoms with Gasteiger partial charge < -0.3 is 4.74 Å². The van der Waals surface area contributed by atoms with Crippen LogP contribution in [0.1, 0.15) is 5.56 Å². The highest BCUT2D eigenvalue weighted by Gasteiger charge is 1.94. The minimum Gasteiger partial charge on any atom is -0.486 e. The maximum absolute atomic E-state index is 5.45. The lowest BCUT2D eigenvalue weighted by Gasteiger charge is -2.03. The molecule has 0 atom stereocenters. The number of nitrogens with zero attached hydrogens (tertiary/aromatic N) is 2. The van der Waals surface area contributed by atoms with Gasteiger partial charge in [0.1, 0.15) is 6.61 Å². The van der Waals surface area contributed by atoms with E-state index in [-0.39, 0.29) is 0 Å². The Hall–Kier alpha value is -1.90. The summed E-state index contributed by atoms with van der Waals surface area (Å²) in [5.74, 6) is 0.660. The fourth-order valence-corrected chi connectivity index (χ4v) is 1.07. The molecule has 0 amide bonds. The molecule has 1 aromatic heterocycles. The molecule has 0 bridgehead atoms. The second-order valence-corrected chi connectivity index (χ2v) is 2.79. The lowest BCUT2D eigenvalue weighted by molar-refractivity contribution is 0.303. The van der Waals surface area contributed by atoms with E-state index >= 15 is 0 Å². The molecule has 3 heteroatoms. The molecule has 0 N–H and O–H groups in total. The summed E-state index contributed by atoms with van der Waals surface area (Å²) in [5, 5.41) is 0. The Labute approximate surface area is 82.4 Å². The SMILES string of the molecule is [c]1ncc(OCc2ccccc2)cn1. The van der Waals surface area contributed by atoms with Crippen LogP contribution in [0.25, 0.3) is 0 Å². The predicted octanol–water partition coefficient (Wildman–Crippen LogP) is 1.86. The lowest BCUT2D eigenvalue weighted by atomic mass is 10.2. The Morgan fingerprint density at radius 3 is 2.50 bits per heavy atom. The average Bonchev–Trinajstić information content (AvgIpc) is 2.29. The van der Waals surface area contributed by atoms with Gasteiger partial charge >= 0.3 is 0 Å². The van der Waals surface area contributed by atoms with Crippen LogP contribution in [0.5, 0.6) is 5.75 Å². The predicted molar refractivity (Wildman–Crippen MR) is 51.6 cm³/mol. The molecule has 0 fully saturated rings. The number of hydrogen-bond donors (Lipinski definition) is 0. The molecule has 0 unspecified atom stereocenters. The molecule has 0 spiro atoms. The highest BCUT2D eigenvalue weighted by Crippen LogP contribution is 2.07. The quantitative estimate of drug-likeness (QED) is 0.732. The lowest BCUT2D eigenvalue weighted by Crippen LogP contribution is -1.95. The molecule has 2 rings (SSSR count). The van der Waals surface area contributed by atoms with E-state index in [9.17, 15) is 0 Å². The van der Waals surface area contributed by atoms with E-state index in [4.69, 9.17) is 4.74 Å². The summed E-state index contributed by atoms with van der Waals surface area (Å²) in [6, 6.07) is 9.96. The smallest absolute Gasteiger partial charge is 0.197 e. The van der Waals surface area contributed by atoms with Crippen LogP contribution in [0.4, 0.5) is 0 Å². The largest absolute Gasteiger partial charge is 0.486 e. The Morgan fingerprint density at radius 1 is 1.07 bits per heavy atom. The molecule has 0 aliphatic rings. The van der Waals surface area contributed by atoms with Crippen molar-refractivity contribution in [2.75, 3.05) is 0 Å². The van der Waals surface area contributed by atoms with E-state index in [1.807, 2.05) is 30.3 Å². The molecular weight excluding hydrogens is 176 g/mol. The van der Waals surface area contributed by atoms with Gasteiger partial charge in [0.25, 0.3) is 0 Å². The van der Waals surface area contributed by atoms with Gasteiger partial charge in [-0.1, -0.05) is 30.3 Å². The molecule has 14 heavy (non-hydrogen) atoms. The molecule has 3 nitrogen and oxygen atoms in total. The maximum atomic E-state index is 5.45. The second-order valence-electron chi connectivity index (χ2n) is 2.79. The van der Waals surface area contributed by atoms with Crippen LogP contribution in [0.3, 0.4) is 0 Å². The van der Waals surface area contributed by atoms with Crippen LogP contribution < -0.4 is 4.74 Å². The summed E-state index contributed by atoms with van der Waals surface area (Å²) in [7, 11) is 0. The molecule has 0 saturated carbocycles. The van der Waals surface area contributed by atoms with Gasteiger partial charge in [0.15, 0.2) is 12.1 Å². The van der Waals surface area contributed by atoms with Gasteiger partial charge in [-0.05, 0) is 5.56 Å². The van der Waals surface area contributed by atoms with Crippen molar-refractivity contribution in [3.63, 3.8) is 0 Å². The first-order chi connectivity index (χ1) is 6.95. The van der Waals surface area contributed by atoms with E-state index in [1.165, 1.54) is 0 Å². The molecular formula is C11H9N2O. The van der Waals surface area contributed by atoms with Crippen LogP contribution in [0.15, 0.2) is 42.7 Å². The van der Waals surface area contributed by atoms with Gasteiger partial charge in [-0.3, -0.25) is 0 Å². The number of benzene rings is 1. The van der Waals surface area contributed by atoms with Crippen LogP contribution in [0, 0.1) is 6.33 Å². The summed E-state index contributed by atoms with van der Waals surface area (Å²) in [5.41, 5.74) is 1.13. The van der Waals surface area contributed by atoms with Gasteiger partial charge in [0.05, 0.1) is 12.4 Å². The molecule has 1 heterocycles. The second kappa shape index (κ2) is 4.37. The first-order valence-corrected chi connectivity index (χ1v) is 4.30. The van der Waals surface area contributed by atoms with Crippen molar-refractivity contribution in [2.45, 2.75) is 6.61 Å². The van der Waals surface area contributed by atoms with E-state index in [2.05, 4.69) is 16.3 Å². The van der Waals surface area contributed by atoms with E-state index < -0.39 is 0 Å². The molecule has 0 saturated heterocycles. The summed E-state index contributed by atoms with van der Waals surface area (Å²) >= 11 is 0. The Bertz CT molecular complexity index is 336. The zero-order valence-corrected chi connectivity index (χ0v) is 7.55. The van der Waals surface area contributed by atoms with E-state index in [1.54, 1.807) is 12.4 Å². The van der Waals surface area contributed by atoms with Crippen molar-refractivity contribution in [1.29, 1.82) is 0 Å². The zero-order valence-electron chi connectivity index (χ0n) is 7.55. The normalized spacial score (nSPS) is 9.71. The van der Waals surface area contributed by atoms with Crippen molar-refractivity contribution in [3.05, 3.63) is 54.6 Å². The Morgan fingerprint density at radius 2 is 1.79 bits per heavy atom. The summed E-state index contributed by atoms with van der Waals surface area (Å²) < 4.78 is 5.45. The Kier molecular flexibility index (Phi) is 2.71. The molecule has 1 aromatic carbocycles. The fourth-order valence-electron chi connectivity index (χ4n) is 1.07. The van der Waals surface area contributed by atoms with Crippen molar-refractivity contribution in [2.24, 2.45) is 0 Å². The van der Waals surface area contributed by atoms with Gasteiger partial charge in [-0.2, -0.15) is 0 Å². The van der Waals surface area contributed by atoms with E-state index in [0.717, 1.165) is 5.56 Å². The highest BCUT2D eigenvalue weighted by atomic mass is 16.5. The van der Waals surface area contributed by atoms with E-state index in [0.29, 0.717) is 12.4 Å².